The van der Waals surface area contributed by atoms with Crippen LogP contribution in [0.4, 0.5) is 0 Å². The van der Waals surface area contributed by atoms with Gasteiger partial charge in [-0.25, -0.2) is 0 Å². The lowest BCUT2D eigenvalue weighted by Gasteiger charge is -2.19. The summed E-state index contributed by atoms with van der Waals surface area (Å²) < 4.78 is 15.8. The SMILES string of the molecule is C=C1COC2(CCCO2)O1. The van der Waals surface area contributed by atoms with Crippen molar-refractivity contribution >= 4 is 0 Å². The summed E-state index contributed by atoms with van der Waals surface area (Å²) in [5.74, 6) is -0.0706. The topological polar surface area (TPSA) is 27.7 Å². The zero-order valence-corrected chi connectivity index (χ0v) is 5.76. The molecule has 0 amide bonds. The fourth-order valence-electron chi connectivity index (χ4n) is 1.25. The molecule has 2 aliphatic rings. The van der Waals surface area contributed by atoms with Gasteiger partial charge in [-0.3, -0.25) is 0 Å². The lowest BCUT2D eigenvalue weighted by Crippen LogP contribution is -2.27. The maximum atomic E-state index is 5.27. The van der Waals surface area contributed by atoms with Crippen LogP contribution >= 0.6 is 0 Å². The largest absolute Gasteiger partial charge is 0.442 e. The quantitative estimate of drug-likeness (QED) is 0.505. The van der Waals surface area contributed by atoms with Gasteiger partial charge < -0.3 is 14.2 Å². The Morgan fingerprint density at radius 1 is 1.40 bits per heavy atom. The Balaban J connectivity index is 2.09. The molecule has 3 heteroatoms. The number of rotatable bonds is 0. The third kappa shape index (κ3) is 0.822. The van der Waals surface area contributed by atoms with E-state index in [0.29, 0.717) is 12.4 Å². The molecule has 2 fully saturated rings. The van der Waals surface area contributed by atoms with Gasteiger partial charge in [0.25, 0.3) is 0 Å². The first kappa shape index (κ1) is 6.19. The second-order valence-corrected chi connectivity index (χ2v) is 2.56. The summed E-state index contributed by atoms with van der Waals surface area (Å²) in [5.41, 5.74) is 0. The Hall–Kier alpha value is -0.540. The van der Waals surface area contributed by atoms with Crippen molar-refractivity contribution in [3.8, 4) is 0 Å². The third-order valence-corrected chi connectivity index (χ3v) is 1.70. The first-order valence-electron chi connectivity index (χ1n) is 3.45. The van der Waals surface area contributed by atoms with Crippen molar-refractivity contribution in [3.05, 3.63) is 12.3 Å². The average molecular weight is 142 g/mol. The van der Waals surface area contributed by atoms with Gasteiger partial charge in [-0.1, -0.05) is 6.58 Å². The fourth-order valence-corrected chi connectivity index (χ4v) is 1.25. The summed E-state index contributed by atoms with van der Waals surface area (Å²) in [7, 11) is 0. The van der Waals surface area contributed by atoms with Crippen LogP contribution in [-0.2, 0) is 14.2 Å². The molecular weight excluding hydrogens is 132 g/mol. The second-order valence-electron chi connectivity index (χ2n) is 2.56. The first-order chi connectivity index (χ1) is 4.81. The molecule has 0 bridgehead atoms. The van der Waals surface area contributed by atoms with Crippen LogP contribution in [-0.4, -0.2) is 19.2 Å². The molecule has 0 aromatic carbocycles. The van der Waals surface area contributed by atoms with Crippen LogP contribution in [0.15, 0.2) is 12.3 Å². The molecule has 0 radical (unpaired) electrons. The molecule has 2 aliphatic heterocycles. The molecular formula is C7H10O3. The molecule has 10 heavy (non-hydrogen) atoms. The van der Waals surface area contributed by atoms with Crippen molar-refractivity contribution in [2.45, 2.75) is 18.8 Å². The van der Waals surface area contributed by atoms with E-state index in [1.165, 1.54) is 0 Å². The van der Waals surface area contributed by atoms with Crippen molar-refractivity contribution in [2.24, 2.45) is 0 Å². The van der Waals surface area contributed by atoms with Crippen molar-refractivity contribution in [1.29, 1.82) is 0 Å². The Kier molecular flexibility index (Phi) is 1.22. The Morgan fingerprint density at radius 2 is 2.30 bits per heavy atom. The molecule has 2 rings (SSSR count). The molecule has 0 N–H and O–H groups in total. The smallest absolute Gasteiger partial charge is 0.327 e. The highest BCUT2D eigenvalue weighted by Crippen LogP contribution is 2.35. The summed E-state index contributed by atoms with van der Waals surface area (Å²) in [6.07, 6.45) is 1.83. The van der Waals surface area contributed by atoms with E-state index in [1.54, 1.807) is 0 Å². The third-order valence-electron chi connectivity index (χ3n) is 1.70. The van der Waals surface area contributed by atoms with E-state index in [2.05, 4.69) is 6.58 Å². The lowest BCUT2D eigenvalue weighted by atomic mass is 10.3. The maximum absolute atomic E-state index is 5.27. The maximum Gasteiger partial charge on any atom is 0.327 e. The highest BCUT2D eigenvalue weighted by molar-refractivity contribution is 4.91. The van der Waals surface area contributed by atoms with Gasteiger partial charge in [0.1, 0.15) is 12.4 Å². The highest BCUT2D eigenvalue weighted by Gasteiger charge is 2.43. The zero-order valence-electron chi connectivity index (χ0n) is 5.76. The van der Waals surface area contributed by atoms with Gasteiger partial charge in [-0.15, -0.1) is 0 Å². The van der Waals surface area contributed by atoms with Gasteiger partial charge >= 0.3 is 5.97 Å². The first-order valence-corrected chi connectivity index (χ1v) is 3.45. The van der Waals surface area contributed by atoms with E-state index in [-0.39, 0.29) is 0 Å². The Bertz CT molecular complexity index is 158. The van der Waals surface area contributed by atoms with Crippen molar-refractivity contribution in [1.82, 2.24) is 0 Å². The van der Waals surface area contributed by atoms with E-state index in [0.717, 1.165) is 19.4 Å². The molecule has 1 atom stereocenters. The molecule has 0 saturated carbocycles. The van der Waals surface area contributed by atoms with Crippen LogP contribution in [0, 0.1) is 0 Å². The monoisotopic (exact) mass is 142 g/mol. The van der Waals surface area contributed by atoms with Crippen LogP contribution in [0.1, 0.15) is 12.8 Å². The molecule has 1 spiro atoms. The molecule has 2 saturated heterocycles. The van der Waals surface area contributed by atoms with E-state index in [9.17, 15) is 0 Å². The fraction of sp³-hybridized carbons (Fsp3) is 0.714. The Morgan fingerprint density at radius 3 is 2.80 bits per heavy atom. The van der Waals surface area contributed by atoms with Gasteiger partial charge in [-0.2, -0.15) is 0 Å². The highest BCUT2D eigenvalue weighted by atomic mass is 16.9. The van der Waals surface area contributed by atoms with E-state index < -0.39 is 5.97 Å². The van der Waals surface area contributed by atoms with Crippen LogP contribution in [0.2, 0.25) is 0 Å². The normalized spacial score (nSPS) is 39.0. The summed E-state index contributed by atoms with van der Waals surface area (Å²) in [5, 5.41) is 0. The summed E-state index contributed by atoms with van der Waals surface area (Å²) in [6.45, 7) is 4.85. The predicted octanol–water partition coefficient (Wildman–Crippen LogP) is 1.01. The van der Waals surface area contributed by atoms with E-state index >= 15 is 0 Å². The lowest BCUT2D eigenvalue weighted by molar-refractivity contribution is -0.301. The van der Waals surface area contributed by atoms with Gasteiger partial charge in [0.15, 0.2) is 0 Å². The van der Waals surface area contributed by atoms with E-state index in [1.807, 2.05) is 0 Å². The van der Waals surface area contributed by atoms with Gasteiger partial charge in [-0.05, 0) is 6.42 Å². The molecule has 0 aromatic rings. The number of hydrogen-bond acceptors (Lipinski definition) is 3. The molecule has 1 unspecified atom stereocenters. The summed E-state index contributed by atoms with van der Waals surface area (Å²) in [4.78, 5) is 0. The zero-order chi connectivity index (χ0) is 7.03. The predicted molar refractivity (Wildman–Crippen MR) is 34.1 cm³/mol. The van der Waals surface area contributed by atoms with E-state index in [4.69, 9.17) is 14.2 Å². The number of ether oxygens (including phenoxy) is 3. The standard InChI is InChI=1S/C7H10O3/c1-6-5-9-7(10-6)3-2-4-8-7/h1-5H2. The van der Waals surface area contributed by atoms with Gasteiger partial charge in [0.2, 0.25) is 0 Å². The molecule has 56 valence electrons. The van der Waals surface area contributed by atoms with Crippen molar-refractivity contribution in [3.63, 3.8) is 0 Å². The van der Waals surface area contributed by atoms with Crippen LogP contribution in [0.25, 0.3) is 0 Å². The Labute approximate surface area is 59.6 Å². The van der Waals surface area contributed by atoms with Gasteiger partial charge in [0, 0.05) is 6.42 Å². The van der Waals surface area contributed by atoms with Crippen LogP contribution in [0.3, 0.4) is 0 Å². The van der Waals surface area contributed by atoms with Crippen molar-refractivity contribution in [2.75, 3.05) is 13.2 Å². The molecule has 3 nitrogen and oxygen atoms in total. The second kappa shape index (κ2) is 1.97. The minimum absolute atomic E-state index is 0.472. The minimum atomic E-state index is -0.739. The summed E-state index contributed by atoms with van der Waals surface area (Å²) in [6, 6.07) is 0. The van der Waals surface area contributed by atoms with Crippen molar-refractivity contribution < 1.29 is 14.2 Å². The number of hydrogen-bond donors (Lipinski definition) is 0. The summed E-state index contributed by atoms with van der Waals surface area (Å²) >= 11 is 0. The van der Waals surface area contributed by atoms with Crippen LogP contribution < -0.4 is 0 Å². The molecule has 2 heterocycles. The molecule has 0 aliphatic carbocycles. The average Bonchev–Trinajstić information content (AvgIpc) is 2.46. The van der Waals surface area contributed by atoms with Crippen LogP contribution in [0.5, 0.6) is 0 Å². The molecule has 0 aromatic heterocycles. The minimum Gasteiger partial charge on any atom is -0.442 e. The van der Waals surface area contributed by atoms with Gasteiger partial charge in [0.05, 0.1) is 6.61 Å².